The van der Waals surface area contributed by atoms with Crippen LogP contribution in [-0.4, -0.2) is 55.7 Å². The molecule has 0 aromatic heterocycles. The molecule has 2 rings (SSSR count). The van der Waals surface area contributed by atoms with Crippen molar-refractivity contribution in [2.75, 3.05) is 39.9 Å². The van der Waals surface area contributed by atoms with Crippen LogP contribution in [0.1, 0.15) is 32.1 Å². The van der Waals surface area contributed by atoms with E-state index in [2.05, 4.69) is 0 Å². The highest BCUT2D eigenvalue weighted by molar-refractivity contribution is 5.74. The zero-order valence-electron chi connectivity index (χ0n) is 10.9. The lowest BCUT2D eigenvalue weighted by Crippen LogP contribution is -2.48. The van der Waals surface area contributed by atoms with E-state index >= 15 is 0 Å². The number of amides is 2. The molecule has 2 aliphatic rings. The van der Waals surface area contributed by atoms with Crippen molar-refractivity contribution in [1.82, 2.24) is 9.80 Å². The summed E-state index contributed by atoms with van der Waals surface area (Å²) in [6.45, 7) is 4.56. The van der Waals surface area contributed by atoms with Crippen LogP contribution in [0.15, 0.2) is 0 Å². The summed E-state index contributed by atoms with van der Waals surface area (Å²) in [5, 5.41) is 0. The predicted molar refractivity (Wildman–Crippen MR) is 67.0 cm³/mol. The fourth-order valence-electron chi connectivity index (χ4n) is 2.81. The summed E-state index contributed by atoms with van der Waals surface area (Å²) in [5.41, 5.74) is 0. The molecule has 2 fully saturated rings. The highest BCUT2D eigenvalue weighted by Crippen LogP contribution is 2.19. The predicted octanol–water partition coefficient (Wildman–Crippen LogP) is 1.95. The third-order valence-corrected chi connectivity index (χ3v) is 3.91. The van der Waals surface area contributed by atoms with Gasteiger partial charge in [-0.05, 0) is 38.0 Å². The Labute approximate surface area is 104 Å². The van der Waals surface area contributed by atoms with E-state index in [0.29, 0.717) is 5.92 Å². The molecular formula is C13H24N2O2. The summed E-state index contributed by atoms with van der Waals surface area (Å²) in [7, 11) is 1.76. The van der Waals surface area contributed by atoms with E-state index in [0.717, 1.165) is 45.6 Å². The summed E-state index contributed by atoms with van der Waals surface area (Å²) in [4.78, 5) is 16.3. The van der Waals surface area contributed by atoms with Crippen molar-refractivity contribution in [3.05, 3.63) is 0 Å². The van der Waals surface area contributed by atoms with Crippen LogP contribution in [0.4, 0.5) is 4.79 Å². The first-order valence-electron chi connectivity index (χ1n) is 6.84. The molecule has 4 nitrogen and oxygen atoms in total. The number of hydrogen-bond acceptors (Lipinski definition) is 2. The van der Waals surface area contributed by atoms with Gasteiger partial charge in [-0.2, -0.15) is 0 Å². The van der Waals surface area contributed by atoms with E-state index in [4.69, 9.17) is 4.74 Å². The van der Waals surface area contributed by atoms with Crippen LogP contribution < -0.4 is 0 Å². The normalized spacial score (nSPS) is 22.9. The van der Waals surface area contributed by atoms with E-state index < -0.39 is 0 Å². The van der Waals surface area contributed by atoms with Gasteiger partial charge in [-0.15, -0.1) is 0 Å². The molecule has 0 bridgehead atoms. The maximum Gasteiger partial charge on any atom is 0.319 e. The highest BCUT2D eigenvalue weighted by atomic mass is 16.5. The van der Waals surface area contributed by atoms with Crippen LogP contribution in [0.2, 0.25) is 0 Å². The summed E-state index contributed by atoms with van der Waals surface area (Å²) >= 11 is 0. The number of nitrogens with zero attached hydrogens (tertiary/aromatic N) is 2. The number of urea groups is 1. The molecule has 0 saturated carbocycles. The first kappa shape index (κ1) is 12.7. The maximum absolute atomic E-state index is 12.2. The van der Waals surface area contributed by atoms with Crippen LogP contribution >= 0.6 is 0 Å². The Kier molecular flexibility index (Phi) is 4.66. The quantitative estimate of drug-likeness (QED) is 0.739. The minimum Gasteiger partial charge on any atom is -0.384 e. The minimum atomic E-state index is 0.264. The molecule has 0 aliphatic carbocycles. The molecule has 17 heavy (non-hydrogen) atoms. The van der Waals surface area contributed by atoms with Gasteiger partial charge in [-0.25, -0.2) is 4.79 Å². The standard InChI is InChI=1S/C13H24N2O2/c1-17-11-12-5-9-15(10-6-12)13(16)14-7-3-2-4-8-14/h12H,2-11H2,1H3. The maximum atomic E-state index is 12.2. The van der Waals surface area contributed by atoms with Gasteiger partial charge < -0.3 is 14.5 Å². The van der Waals surface area contributed by atoms with Gasteiger partial charge in [0.25, 0.3) is 0 Å². The van der Waals surface area contributed by atoms with Gasteiger partial charge in [-0.3, -0.25) is 0 Å². The summed E-state index contributed by atoms with van der Waals surface area (Å²) in [6.07, 6.45) is 5.80. The van der Waals surface area contributed by atoms with Gasteiger partial charge in [0.05, 0.1) is 0 Å². The lowest BCUT2D eigenvalue weighted by atomic mass is 9.98. The zero-order chi connectivity index (χ0) is 12.1. The number of carbonyl (C=O) groups is 1. The van der Waals surface area contributed by atoms with Gasteiger partial charge in [0.2, 0.25) is 0 Å². The third-order valence-electron chi connectivity index (χ3n) is 3.91. The summed E-state index contributed by atoms with van der Waals surface area (Å²) in [5.74, 6) is 0.644. The van der Waals surface area contributed by atoms with Crippen LogP contribution in [0, 0.1) is 5.92 Å². The number of hydrogen-bond donors (Lipinski definition) is 0. The molecule has 0 spiro atoms. The summed E-state index contributed by atoms with van der Waals surface area (Å²) in [6, 6.07) is 0.264. The Morgan fingerprint density at radius 1 is 1.06 bits per heavy atom. The van der Waals surface area contributed by atoms with E-state index in [1.165, 1.54) is 19.3 Å². The molecule has 2 heterocycles. The van der Waals surface area contributed by atoms with Crippen molar-refractivity contribution in [3.63, 3.8) is 0 Å². The van der Waals surface area contributed by atoms with E-state index in [1.807, 2.05) is 9.80 Å². The van der Waals surface area contributed by atoms with E-state index in [9.17, 15) is 4.79 Å². The number of ether oxygens (including phenoxy) is 1. The first-order chi connectivity index (χ1) is 8.31. The van der Waals surface area contributed by atoms with Crippen LogP contribution in [-0.2, 0) is 4.74 Å². The Balaban J connectivity index is 1.77. The van der Waals surface area contributed by atoms with Crippen molar-refractivity contribution in [1.29, 1.82) is 0 Å². The molecule has 2 amide bonds. The van der Waals surface area contributed by atoms with Crippen LogP contribution in [0.25, 0.3) is 0 Å². The third kappa shape index (κ3) is 3.35. The SMILES string of the molecule is COCC1CCN(C(=O)N2CCCCC2)CC1. The van der Waals surface area contributed by atoms with Crippen molar-refractivity contribution in [2.45, 2.75) is 32.1 Å². The Hall–Kier alpha value is -0.770. The van der Waals surface area contributed by atoms with Gasteiger partial charge in [0, 0.05) is 39.9 Å². The number of methoxy groups -OCH3 is 1. The van der Waals surface area contributed by atoms with Crippen LogP contribution in [0.5, 0.6) is 0 Å². The number of piperidine rings is 2. The van der Waals surface area contributed by atoms with Gasteiger partial charge in [0.15, 0.2) is 0 Å². The molecule has 0 atom stereocenters. The summed E-state index contributed by atoms with van der Waals surface area (Å²) < 4.78 is 5.18. The fraction of sp³-hybridized carbons (Fsp3) is 0.923. The van der Waals surface area contributed by atoms with Gasteiger partial charge >= 0.3 is 6.03 Å². The Morgan fingerprint density at radius 2 is 1.65 bits per heavy atom. The average molecular weight is 240 g/mol. The fourth-order valence-corrected chi connectivity index (χ4v) is 2.81. The highest BCUT2D eigenvalue weighted by Gasteiger charge is 2.26. The van der Waals surface area contributed by atoms with Crippen molar-refractivity contribution in [3.8, 4) is 0 Å². The number of likely N-dealkylation sites (tertiary alicyclic amines) is 2. The molecule has 0 aromatic carbocycles. The molecule has 2 aliphatic heterocycles. The van der Waals surface area contributed by atoms with Gasteiger partial charge in [-0.1, -0.05) is 0 Å². The number of carbonyl (C=O) groups excluding carboxylic acids is 1. The molecule has 0 radical (unpaired) electrons. The average Bonchev–Trinajstić information content (AvgIpc) is 2.40. The molecule has 0 aromatic rings. The Bertz CT molecular complexity index is 244. The minimum absolute atomic E-state index is 0.264. The van der Waals surface area contributed by atoms with Crippen molar-refractivity contribution >= 4 is 6.03 Å². The van der Waals surface area contributed by atoms with Crippen LogP contribution in [0.3, 0.4) is 0 Å². The smallest absolute Gasteiger partial charge is 0.319 e. The largest absolute Gasteiger partial charge is 0.384 e. The van der Waals surface area contributed by atoms with Crippen molar-refractivity contribution < 1.29 is 9.53 Å². The molecule has 4 heteroatoms. The molecule has 0 N–H and O–H groups in total. The zero-order valence-corrected chi connectivity index (χ0v) is 10.9. The second-order valence-corrected chi connectivity index (χ2v) is 5.22. The molecule has 2 saturated heterocycles. The molecular weight excluding hydrogens is 216 g/mol. The van der Waals surface area contributed by atoms with Crippen molar-refractivity contribution in [2.24, 2.45) is 5.92 Å². The molecule has 98 valence electrons. The van der Waals surface area contributed by atoms with E-state index in [-0.39, 0.29) is 6.03 Å². The Morgan fingerprint density at radius 3 is 2.24 bits per heavy atom. The second-order valence-electron chi connectivity index (χ2n) is 5.22. The van der Waals surface area contributed by atoms with Gasteiger partial charge in [0.1, 0.15) is 0 Å². The monoisotopic (exact) mass is 240 g/mol. The second kappa shape index (κ2) is 6.24. The first-order valence-corrected chi connectivity index (χ1v) is 6.84. The number of rotatable bonds is 2. The molecule has 0 unspecified atom stereocenters. The lowest BCUT2D eigenvalue weighted by molar-refractivity contribution is 0.0921. The van der Waals surface area contributed by atoms with E-state index in [1.54, 1.807) is 7.11 Å². The topological polar surface area (TPSA) is 32.8 Å². The lowest BCUT2D eigenvalue weighted by Gasteiger charge is -2.37.